The van der Waals surface area contributed by atoms with Crippen LogP contribution in [0.15, 0.2) is 18.2 Å². The van der Waals surface area contributed by atoms with E-state index in [1.54, 1.807) is 13.2 Å². The van der Waals surface area contributed by atoms with Gasteiger partial charge in [0.2, 0.25) is 0 Å². The smallest absolute Gasteiger partial charge is 0.123 e. The van der Waals surface area contributed by atoms with Gasteiger partial charge >= 0.3 is 0 Å². The summed E-state index contributed by atoms with van der Waals surface area (Å²) in [5.74, 6) is 0.775. The van der Waals surface area contributed by atoms with Gasteiger partial charge in [0.25, 0.3) is 0 Å². The number of rotatable bonds is 4. The lowest BCUT2D eigenvalue weighted by atomic mass is 10.0. The van der Waals surface area contributed by atoms with Crippen molar-refractivity contribution < 1.29 is 9.84 Å². The number of aliphatic hydroxyl groups is 1. The highest BCUT2D eigenvalue weighted by Gasteiger charge is 2.24. The SMILES string of the molecule is COc1ccc(Cl)cc1[C@@H](CO)N1CCNCC1.Cl. The van der Waals surface area contributed by atoms with E-state index < -0.39 is 0 Å². The molecule has 0 radical (unpaired) electrons. The lowest BCUT2D eigenvalue weighted by Crippen LogP contribution is -2.46. The van der Waals surface area contributed by atoms with Crippen LogP contribution in [0.2, 0.25) is 5.02 Å². The first kappa shape index (κ1) is 16.5. The molecule has 1 aromatic rings. The van der Waals surface area contributed by atoms with Crippen molar-refractivity contribution in [2.45, 2.75) is 6.04 Å². The zero-order valence-electron chi connectivity index (χ0n) is 10.9. The Morgan fingerprint density at radius 3 is 2.68 bits per heavy atom. The van der Waals surface area contributed by atoms with Gasteiger partial charge < -0.3 is 15.2 Å². The second-order valence-corrected chi connectivity index (χ2v) is 4.81. The van der Waals surface area contributed by atoms with Crippen LogP contribution >= 0.6 is 24.0 Å². The van der Waals surface area contributed by atoms with Gasteiger partial charge in [-0.3, -0.25) is 4.90 Å². The number of methoxy groups -OCH3 is 1. The van der Waals surface area contributed by atoms with Crippen LogP contribution in [0.5, 0.6) is 5.75 Å². The Kier molecular flexibility index (Phi) is 6.89. The van der Waals surface area contributed by atoms with E-state index in [4.69, 9.17) is 16.3 Å². The molecule has 0 saturated carbocycles. The van der Waals surface area contributed by atoms with Crippen LogP contribution in [0.25, 0.3) is 0 Å². The number of nitrogens with zero attached hydrogens (tertiary/aromatic N) is 1. The van der Waals surface area contributed by atoms with Crippen LogP contribution in [-0.2, 0) is 0 Å². The fourth-order valence-corrected chi connectivity index (χ4v) is 2.55. The lowest BCUT2D eigenvalue weighted by Gasteiger charge is -2.34. The molecule has 0 aliphatic carbocycles. The number of hydrogen-bond acceptors (Lipinski definition) is 4. The summed E-state index contributed by atoms with van der Waals surface area (Å²) < 4.78 is 5.36. The minimum absolute atomic E-state index is 0. The third-order valence-electron chi connectivity index (χ3n) is 3.32. The largest absolute Gasteiger partial charge is 0.496 e. The van der Waals surface area contributed by atoms with E-state index in [1.807, 2.05) is 12.1 Å². The molecule has 1 aliphatic heterocycles. The third-order valence-corrected chi connectivity index (χ3v) is 3.55. The molecule has 4 nitrogen and oxygen atoms in total. The number of ether oxygens (including phenoxy) is 1. The van der Waals surface area contributed by atoms with Gasteiger partial charge in [0.05, 0.1) is 19.8 Å². The summed E-state index contributed by atoms with van der Waals surface area (Å²) in [6, 6.07) is 5.47. The average Bonchev–Trinajstić information content (AvgIpc) is 2.41. The van der Waals surface area contributed by atoms with Crippen molar-refractivity contribution >= 4 is 24.0 Å². The normalized spacial score (nSPS) is 17.6. The Balaban J connectivity index is 0.00000180. The summed E-state index contributed by atoms with van der Waals surface area (Å²) >= 11 is 6.05. The number of aliphatic hydroxyl groups excluding tert-OH is 1. The Morgan fingerprint density at radius 2 is 2.11 bits per heavy atom. The first-order valence-electron chi connectivity index (χ1n) is 6.15. The minimum Gasteiger partial charge on any atom is -0.496 e. The molecule has 1 aliphatic rings. The molecule has 108 valence electrons. The van der Waals surface area contributed by atoms with Gasteiger partial charge in [-0.05, 0) is 18.2 Å². The zero-order chi connectivity index (χ0) is 13.0. The van der Waals surface area contributed by atoms with Gasteiger partial charge in [-0.25, -0.2) is 0 Å². The van der Waals surface area contributed by atoms with Crippen LogP contribution in [0.3, 0.4) is 0 Å². The predicted molar refractivity (Wildman–Crippen MR) is 79.5 cm³/mol. The number of nitrogens with one attached hydrogen (secondary N) is 1. The highest BCUT2D eigenvalue weighted by molar-refractivity contribution is 6.30. The van der Waals surface area contributed by atoms with Crippen molar-refractivity contribution in [1.82, 2.24) is 10.2 Å². The average molecular weight is 307 g/mol. The maximum atomic E-state index is 9.68. The number of piperazine rings is 1. The van der Waals surface area contributed by atoms with E-state index >= 15 is 0 Å². The first-order chi connectivity index (χ1) is 8.76. The standard InChI is InChI=1S/C13H19ClN2O2.ClH/c1-18-13-3-2-10(14)8-11(13)12(9-17)16-6-4-15-5-7-16;/h2-3,8,12,15,17H,4-7,9H2,1H3;1H/t12-;/m1./s1. The fourth-order valence-electron chi connectivity index (χ4n) is 2.37. The Morgan fingerprint density at radius 1 is 1.42 bits per heavy atom. The van der Waals surface area contributed by atoms with Gasteiger partial charge in [-0.2, -0.15) is 0 Å². The molecule has 1 atom stereocenters. The second-order valence-electron chi connectivity index (χ2n) is 4.37. The maximum Gasteiger partial charge on any atom is 0.123 e. The van der Waals surface area contributed by atoms with Crippen molar-refractivity contribution in [2.75, 3.05) is 39.9 Å². The van der Waals surface area contributed by atoms with Crippen LogP contribution in [-0.4, -0.2) is 49.9 Å². The number of hydrogen-bond donors (Lipinski definition) is 2. The summed E-state index contributed by atoms with van der Waals surface area (Å²) in [5, 5.41) is 13.7. The highest BCUT2D eigenvalue weighted by Crippen LogP contribution is 2.31. The Bertz CT molecular complexity index is 398. The topological polar surface area (TPSA) is 44.7 Å². The van der Waals surface area contributed by atoms with Crippen molar-refractivity contribution in [3.8, 4) is 5.75 Å². The van der Waals surface area contributed by atoms with E-state index in [-0.39, 0.29) is 25.1 Å². The van der Waals surface area contributed by atoms with Gasteiger partial charge in [-0.15, -0.1) is 12.4 Å². The van der Waals surface area contributed by atoms with E-state index in [2.05, 4.69) is 10.2 Å². The van der Waals surface area contributed by atoms with Crippen LogP contribution in [0.1, 0.15) is 11.6 Å². The molecule has 19 heavy (non-hydrogen) atoms. The molecule has 1 heterocycles. The highest BCUT2D eigenvalue weighted by atomic mass is 35.5. The molecule has 0 bridgehead atoms. The van der Waals surface area contributed by atoms with E-state index in [9.17, 15) is 5.11 Å². The second kappa shape index (κ2) is 7.92. The summed E-state index contributed by atoms with van der Waals surface area (Å²) in [6.07, 6.45) is 0. The fraction of sp³-hybridized carbons (Fsp3) is 0.538. The molecule has 0 spiro atoms. The monoisotopic (exact) mass is 306 g/mol. The number of benzene rings is 1. The molecule has 2 rings (SSSR count). The van der Waals surface area contributed by atoms with Crippen LogP contribution in [0.4, 0.5) is 0 Å². The molecule has 1 aromatic carbocycles. The summed E-state index contributed by atoms with van der Waals surface area (Å²) in [5.41, 5.74) is 0.953. The lowest BCUT2D eigenvalue weighted by molar-refractivity contribution is 0.109. The molecular formula is C13H20Cl2N2O2. The first-order valence-corrected chi connectivity index (χ1v) is 6.53. The van der Waals surface area contributed by atoms with Crippen molar-refractivity contribution in [2.24, 2.45) is 0 Å². The Hall–Kier alpha value is -0.520. The van der Waals surface area contributed by atoms with Crippen molar-refractivity contribution in [1.29, 1.82) is 0 Å². The molecule has 0 aromatic heterocycles. The maximum absolute atomic E-state index is 9.68. The van der Waals surface area contributed by atoms with E-state index in [0.29, 0.717) is 5.02 Å². The quantitative estimate of drug-likeness (QED) is 0.889. The Labute approximate surface area is 125 Å². The molecule has 1 fully saturated rings. The zero-order valence-corrected chi connectivity index (χ0v) is 12.5. The van der Waals surface area contributed by atoms with Gasteiger partial charge in [-0.1, -0.05) is 11.6 Å². The predicted octanol–water partition coefficient (Wildman–Crippen LogP) is 1.71. The van der Waals surface area contributed by atoms with Crippen LogP contribution < -0.4 is 10.1 Å². The summed E-state index contributed by atoms with van der Waals surface area (Å²) in [4.78, 5) is 2.25. The van der Waals surface area contributed by atoms with Gasteiger partial charge in [0.1, 0.15) is 5.75 Å². The molecule has 2 N–H and O–H groups in total. The van der Waals surface area contributed by atoms with Crippen LogP contribution in [0, 0.1) is 0 Å². The molecule has 1 saturated heterocycles. The number of halogens is 2. The molecule has 6 heteroatoms. The van der Waals surface area contributed by atoms with Crippen molar-refractivity contribution in [3.63, 3.8) is 0 Å². The van der Waals surface area contributed by atoms with Gasteiger partial charge in [0, 0.05) is 36.8 Å². The molecular weight excluding hydrogens is 287 g/mol. The van der Waals surface area contributed by atoms with Gasteiger partial charge in [0.15, 0.2) is 0 Å². The summed E-state index contributed by atoms with van der Waals surface area (Å²) in [6.45, 7) is 3.79. The minimum atomic E-state index is -0.0549. The van der Waals surface area contributed by atoms with E-state index in [1.165, 1.54) is 0 Å². The van der Waals surface area contributed by atoms with E-state index in [0.717, 1.165) is 37.5 Å². The third kappa shape index (κ3) is 3.97. The van der Waals surface area contributed by atoms with Crippen molar-refractivity contribution in [3.05, 3.63) is 28.8 Å². The molecule has 0 unspecified atom stereocenters. The molecule has 0 amide bonds. The summed E-state index contributed by atoms with van der Waals surface area (Å²) in [7, 11) is 1.64.